The van der Waals surface area contributed by atoms with Crippen molar-refractivity contribution < 1.29 is 4.79 Å². The highest BCUT2D eigenvalue weighted by Crippen LogP contribution is 2.14. The molecule has 2 aromatic rings. The van der Waals surface area contributed by atoms with Gasteiger partial charge in [0.05, 0.1) is 11.8 Å². The fraction of sp³-hybridized carbons (Fsp3) is 0.176. The van der Waals surface area contributed by atoms with E-state index in [9.17, 15) is 4.79 Å². The molecule has 0 saturated heterocycles. The van der Waals surface area contributed by atoms with E-state index in [-0.39, 0.29) is 5.91 Å². The minimum absolute atomic E-state index is 0.317. The highest BCUT2D eigenvalue weighted by atomic mass is 16.2. The molecule has 4 nitrogen and oxygen atoms in total. The molecule has 2 aromatic carbocycles. The SMILES string of the molecule is CC(C)c1ccc(/C=N\NC(=O)c2ccccc2N)cc1. The molecule has 0 atom stereocenters. The Kier molecular flexibility index (Phi) is 4.72. The van der Waals surface area contributed by atoms with Crippen LogP contribution >= 0.6 is 0 Å². The molecule has 108 valence electrons. The van der Waals surface area contributed by atoms with Gasteiger partial charge in [0, 0.05) is 5.69 Å². The first-order valence-electron chi connectivity index (χ1n) is 6.86. The summed E-state index contributed by atoms with van der Waals surface area (Å²) in [5.74, 6) is 0.180. The lowest BCUT2D eigenvalue weighted by Gasteiger charge is -2.05. The maximum atomic E-state index is 11.9. The number of benzene rings is 2. The summed E-state index contributed by atoms with van der Waals surface area (Å²) >= 11 is 0. The predicted molar refractivity (Wildman–Crippen MR) is 86.4 cm³/mol. The van der Waals surface area contributed by atoms with Gasteiger partial charge in [0.25, 0.3) is 5.91 Å². The zero-order valence-electron chi connectivity index (χ0n) is 12.2. The Labute approximate surface area is 124 Å². The van der Waals surface area contributed by atoms with E-state index in [1.807, 2.05) is 12.1 Å². The van der Waals surface area contributed by atoms with Gasteiger partial charge in [-0.1, -0.05) is 50.2 Å². The van der Waals surface area contributed by atoms with Crippen molar-refractivity contribution in [2.45, 2.75) is 19.8 Å². The second kappa shape index (κ2) is 6.70. The van der Waals surface area contributed by atoms with Gasteiger partial charge in [-0.3, -0.25) is 4.79 Å². The normalized spacial score (nSPS) is 11.0. The predicted octanol–water partition coefficient (Wildman–Crippen LogP) is 3.16. The molecule has 0 fully saturated rings. The monoisotopic (exact) mass is 281 g/mol. The van der Waals surface area contributed by atoms with Crippen molar-refractivity contribution in [3.63, 3.8) is 0 Å². The topological polar surface area (TPSA) is 67.5 Å². The zero-order chi connectivity index (χ0) is 15.2. The molecule has 4 heteroatoms. The first kappa shape index (κ1) is 14.8. The molecule has 0 radical (unpaired) electrons. The van der Waals surface area contributed by atoms with Crippen molar-refractivity contribution in [1.82, 2.24) is 5.43 Å². The molecule has 0 unspecified atom stereocenters. The molecule has 0 heterocycles. The Balaban J connectivity index is 1.99. The Morgan fingerprint density at radius 3 is 2.43 bits per heavy atom. The Morgan fingerprint density at radius 2 is 1.81 bits per heavy atom. The summed E-state index contributed by atoms with van der Waals surface area (Å²) in [6, 6.07) is 15.0. The fourth-order valence-corrected chi connectivity index (χ4v) is 1.90. The molecule has 0 aromatic heterocycles. The number of carbonyl (C=O) groups is 1. The van der Waals surface area contributed by atoms with E-state index in [0.29, 0.717) is 17.2 Å². The number of carbonyl (C=O) groups excluding carboxylic acids is 1. The van der Waals surface area contributed by atoms with Gasteiger partial charge in [-0.05, 0) is 29.2 Å². The molecule has 0 spiro atoms. The van der Waals surface area contributed by atoms with Gasteiger partial charge in [0.1, 0.15) is 0 Å². The average molecular weight is 281 g/mol. The van der Waals surface area contributed by atoms with Crippen LogP contribution in [0.1, 0.15) is 41.3 Å². The lowest BCUT2D eigenvalue weighted by Crippen LogP contribution is -2.18. The maximum absolute atomic E-state index is 11.9. The standard InChI is InChI=1S/C17H19N3O/c1-12(2)14-9-7-13(8-10-14)11-19-20-17(21)15-5-3-4-6-16(15)18/h3-12H,18H2,1-2H3,(H,20,21)/b19-11-. The highest BCUT2D eigenvalue weighted by molar-refractivity contribution is 5.99. The molecule has 1 amide bonds. The molecule has 0 bridgehead atoms. The third-order valence-corrected chi connectivity index (χ3v) is 3.19. The van der Waals surface area contributed by atoms with Crippen LogP contribution in [0.5, 0.6) is 0 Å². The van der Waals surface area contributed by atoms with Crippen LogP contribution in [0.3, 0.4) is 0 Å². The molecular formula is C17H19N3O. The lowest BCUT2D eigenvalue weighted by atomic mass is 10.0. The fourth-order valence-electron chi connectivity index (χ4n) is 1.90. The summed E-state index contributed by atoms with van der Waals surface area (Å²) in [7, 11) is 0. The number of hydrazone groups is 1. The van der Waals surface area contributed by atoms with Crippen molar-refractivity contribution in [3.05, 3.63) is 65.2 Å². The van der Waals surface area contributed by atoms with Crippen molar-refractivity contribution in [1.29, 1.82) is 0 Å². The van der Waals surface area contributed by atoms with Crippen LogP contribution in [-0.4, -0.2) is 12.1 Å². The third-order valence-electron chi connectivity index (χ3n) is 3.19. The number of nitrogen functional groups attached to an aromatic ring is 1. The number of nitrogens with one attached hydrogen (secondary N) is 1. The summed E-state index contributed by atoms with van der Waals surface area (Å²) in [5.41, 5.74) is 11.3. The number of nitrogens with two attached hydrogens (primary N) is 1. The highest BCUT2D eigenvalue weighted by Gasteiger charge is 2.06. The van der Waals surface area contributed by atoms with Crippen LogP contribution in [-0.2, 0) is 0 Å². The van der Waals surface area contributed by atoms with E-state index in [2.05, 4.69) is 36.5 Å². The summed E-state index contributed by atoms with van der Waals surface area (Å²) in [4.78, 5) is 11.9. The van der Waals surface area contributed by atoms with Crippen LogP contribution in [0.2, 0.25) is 0 Å². The molecule has 0 aliphatic heterocycles. The minimum atomic E-state index is -0.317. The van der Waals surface area contributed by atoms with E-state index < -0.39 is 0 Å². The molecule has 2 rings (SSSR count). The summed E-state index contributed by atoms with van der Waals surface area (Å²) in [5, 5.41) is 3.95. The van der Waals surface area contributed by atoms with Crippen molar-refractivity contribution in [3.8, 4) is 0 Å². The van der Waals surface area contributed by atoms with Crippen LogP contribution in [0.25, 0.3) is 0 Å². The van der Waals surface area contributed by atoms with Crippen molar-refractivity contribution in [2.24, 2.45) is 5.10 Å². The van der Waals surface area contributed by atoms with E-state index in [1.165, 1.54) is 5.56 Å². The molecule has 0 aliphatic carbocycles. The van der Waals surface area contributed by atoms with Gasteiger partial charge >= 0.3 is 0 Å². The lowest BCUT2D eigenvalue weighted by molar-refractivity contribution is 0.0956. The van der Waals surface area contributed by atoms with E-state index >= 15 is 0 Å². The number of hydrogen-bond acceptors (Lipinski definition) is 3. The Morgan fingerprint density at radius 1 is 1.14 bits per heavy atom. The molecular weight excluding hydrogens is 262 g/mol. The van der Waals surface area contributed by atoms with Gasteiger partial charge in [0.2, 0.25) is 0 Å². The Bertz CT molecular complexity index is 645. The van der Waals surface area contributed by atoms with E-state index in [1.54, 1.807) is 30.5 Å². The van der Waals surface area contributed by atoms with E-state index in [0.717, 1.165) is 5.56 Å². The number of amides is 1. The molecule has 3 N–H and O–H groups in total. The largest absolute Gasteiger partial charge is 0.398 e. The molecule has 21 heavy (non-hydrogen) atoms. The average Bonchev–Trinajstić information content (AvgIpc) is 2.48. The molecule has 0 saturated carbocycles. The van der Waals surface area contributed by atoms with Gasteiger partial charge in [-0.15, -0.1) is 0 Å². The first-order valence-corrected chi connectivity index (χ1v) is 6.86. The van der Waals surface area contributed by atoms with Gasteiger partial charge < -0.3 is 5.73 Å². The quantitative estimate of drug-likeness (QED) is 0.513. The van der Waals surface area contributed by atoms with Crippen molar-refractivity contribution in [2.75, 3.05) is 5.73 Å². The van der Waals surface area contributed by atoms with Gasteiger partial charge in [-0.25, -0.2) is 5.43 Å². The van der Waals surface area contributed by atoms with Crippen molar-refractivity contribution >= 4 is 17.8 Å². The number of anilines is 1. The maximum Gasteiger partial charge on any atom is 0.273 e. The smallest absolute Gasteiger partial charge is 0.273 e. The summed E-state index contributed by atoms with van der Waals surface area (Å²) < 4.78 is 0. The number of nitrogens with zero attached hydrogens (tertiary/aromatic N) is 1. The van der Waals surface area contributed by atoms with E-state index in [4.69, 9.17) is 5.73 Å². The Hall–Kier alpha value is -2.62. The van der Waals surface area contributed by atoms with Crippen LogP contribution < -0.4 is 11.2 Å². The number of hydrogen-bond donors (Lipinski definition) is 2. The number of rotatable bonds is 4. The third kappa shape index (κ3) is 3.92. The second-order valence-corrected chi connectivity index (χ2v) is 5.11. The second-order valence-electron chi connectivity index (χ2n) is 5.11. The van der Waals surface area contributed by atoms with Gasteiger partial charge in [0.15, 0.2) is 0 Å². The minimum Gasteiger partial charge on any atom is -0.398 e. The summed E-state index contributed by atoms with van der Waals surface area (Å²) in [6.45, 7) is 4.29. The first-order chi connectivity index (χ1) is 10.1. The van der Waals surface area contributed by atoms with Crippen LogP contribution in [0, 0.1) is 0 Å². The molecule has 0 aliphatic rings. The van der Waals surface area contributed by atoms with Crippen LogP contribution in [0.4, 0.5) is 5.69 Å². The zero-order valence-corrected chi connectivity index (χ0v) is 12.2. The summed E-state index contributed by atoms with van der Waals surface area (Å²) in [6.07, 6.45) is 1.61. The number of para-hydroxylation sites is 1. The van der Waals surface area contributed by atoms with Crippen LogP contribution in [0.15, 0.2) is 53.6 Å². The van der Waals surface area contributed by atoms with Gasteiger partial charge in [-0.2, -0.15) is 5.10 Å².